The first kappa shape index (κ1) is 19.6. The average Bonchev–Trinajstić information content (AvgIpc) is 3.14. The fourth-order valence-corrected chi connectivity index (χ4v) is 3.68. The Balaban J connectivity index is 1.57. The minimum Gasteiger partial charge on any atom is -0.495 e. The average molecular weight is 405 g/mol. The smallest absolute Gasteiger partial charge is 0.235 e. The van der Waals surface area contributed by atoms with Gasteiger partial charge in [-0.05, 0) is 24.3 Å². The number of ether oxygens (including phenoxy) is 1. The first-order valence-electron chi connectivity index (χ1n) is 9.69. The molecule has 2 amide bonds. The fraction of sp³-hybridized carbons (Fsp3) is 0.273. The Labute approximate surface area is 174 Å². The van der Waals surface area contributed by atoms with Crippen LogP contribution in [0.1, 0.15) is 22.9 Å². The summed E-state index contributed by atoms with van der Waals surface area (Å²) in [6.07, 6.45) is 3.72. The van der Waals surface area contributed by atoms with Crippen molar-refractivity contribution in [3.05, 3.63) is 71.8 Å². The lowest BCUT2D eigenvalue weighted by atomic mass is 9.95. The molecule has 8 heteroatoms. The minimum atomic E-state index is -0.576. The summed E-state index contributed by atoms with van der Waals surface area (Å²) in [4.78, 5) is 32.0. The van der Waals surface area contributed by atoms with Crippen LogP contribution in [0.5, 0.6) is 5.75 Å². The van der Waals surface area contributed by atoms with Crippen LogP contribution in [0.4, 0.5) is 5.69 Å². The number of carbonyl (C=O) groups excluding carboxylic acids is 2. The normalized spacial score (nSPS) is 15.4. The molecule has 1 unspecified atom stereocenters. The molecule has 3 aromatic rings. The number of amides is 2. The van der Waals surface area contributed by atoms with Gasteiger partial charge in [0.05, 0.1) is 24.9 Å². The Morgan fingerprint density at radius 3 is 2.77 bits per heavy atom. The molecule has 154 valence electrons. The molecule has 8 nitrogen and oxygen atoms in total. The van der Waals surface area contributed by atoms with Crippen molar-refractivity contribution >= 4 is 17.5 Å². The van der Waals surface area contributed by atoms with Gasteiger partial charge in [-0.15, -0.1) is 0 Å². The van der Waals surface area contributed by atoms with E-state index in [1.54, 1.807) is 35.0 Å². The predicted molar refractivity (Wildman–Crippen MR) is 111 cm³/mol. The number of nitrogens with zero attached hydrogens (tertiary/aromatic N) is 4. The van der Waals surface area contributed by atoms with Gasteiger partial charge < -0.3 is 15.0 Å². The van der Waals surface area contributed by atoms with Crippen molar-refractivity contribution in [1.29, 1.82) is 0 Å². The largest absolute Gasteiger partial charge is 0.495 e. The van der Waals surface area contributed by atoms with E-state index in [1.165, 1.54) is 0 Å². The van der Waals surface area contributed by atoms with E-state index in [9.17, 15) is 9.59 Å². The second-order valence-electron chi connectivity index (χ2n) is 7.23. The zero-order valence-corrected chi connectivity index (χ0v) is 16.9. The molecule has 1 aliphatic heterocycles. The van der Waals surface area contributed by atoms with E-state index in [2.05, 4.69) is 15.4 Å². The number of anilines is 1. The topological polar surface area (TPSA) is 89.4 Å². The number of methoxy groups -OCH3 is 1. The van der Waals surface area contributed by atoms with Crippen molar-refractivity contribution in [3.8, 4) is 5.75 Å². The van der Waals surface area contributed by atoms with Crippen LogP contribution in [0.3, 0.4) is 0 Å². The molecule has 1 N–H and O–H groups in total. The second kappa shape index (κ2) is 8.36. The molecule has 0 saturated heterocycles. The number of aromatic nitrogens is 3. The monoisotopic (exact) mass is 405 g/mol. The van der Waals surface area contributed by atoms with Crippen LogP contribution in [0, 0.1) is 0 Å². The lowest BCUT2D eigenvalue weighted by Crippen LogP contribution is -2.42. The molecular formula is C22H23N5O3. The fourth-order valence-electron chi connectivity index (χ4n) is 3.68. The number of hydrogen-bond donors (Lipinski definition) is 1. The summed E-state index contributed by atoms with van der Waals surface area (Å²) >= 11 is 0. The highest BCUT2D eigenvalue weighted by Crippen LogP contribution is 2.30. The van der Waals surface area contributed by atoms with E-state index in [0.717, 1.165) is 5.56 Å². The van der Waals surface area contributed by atoms with Gasteiger partial charge in [0.15, 0.2) is 0 Å². The van der Waals surface area contributed by atoms with Gasteiger partial charge in [0, 0.05) is 43.8 Å². The van der Waals surface area contributed by atoms with Crippen molar-refractivity contribution in [2.75, 3.05) is 19.0 Å². The Bertz CT molecular complexity index is 1060. The van der Waals surface area contributed by atoms with E-state index < -0.39 is 5.92 Å². The summed E-state index contributed by atoms with van der Waals surface area (Å²) < 4.78 is 7.01. The third-order valence-corrected chi connectivity index (χ3v) is 5.12. The molecule has 0 aliphatic carbocycles. The van der Waals surface area contributed by atoms with Gasteiger partial charge >= 0.3 is 0 Å². The maximum Gasteiger partial charge on any atom is 0.235 e. The standard InChI is InChI=1S/C22H23N5O3/c1-26-12-15-13-27(20(28)11-16-7-5-6-10-23-16)14-17(21(15)25-26)22(29)24-18-8-3-4-9-19(18)30-2/h3-10,12,17H,11,13-14H2,1-2H3,(H,24,29). The first-order chi connectivity index (χ1) is 14.5. The van der Waals surface area contributed by atoms with Crippen molar-refractivity contribution in [1.82, 2.24) is 19.7 Å². The Hall–Kier alpha value is -3.68. The number of fused-ring (bicyclic) bond motifs is 1. The van der Waals surface area contributed by atoms with Crippen molar-refractivity contribution < 1.29 is 14.3 Å². The third kappa shape index (κ3) is 4.03. The van der Waals surface area contributed by atoms with Crippen LogP contribution in [0.15, 0.2) is 54.9 Å². The van der Waals surface area contributed by atoms with Gasteiger partial charge in [0.1, 0.15) is 11.7 Å². The first-order valence-corrected chi connectivity index (χ1v) is 9.69. The van der Waals surface area contributed by atoms with Crippen molar-refractivity contribution in [2.24, 2.45) is 7.05 Å². The summed E-state index contributed by atoms with van der Waals surface area (Å²) in [5, 5.41) is 7.42. The Morgan fingerprint density at radius 2 is 2.00 bits per heavy atom. The molecule has 2 aromatic heterocycles. The number of pyridine rings is 1. The highest BCUT2D eigenvalue weighted by molar-refractivity contribution is 5.97. The van der Waals surface area contributed by atoms with Gasteiger partial charge in [0.25, 0.3) is 0 Å². The molecule has 1 atom stereocenters. The van der Waals surface area contributed by atoms with Gasteiger partial charge in [-0.1, -0.05) is 18.2 Å². The SMILES string of the molecule is COc1ccccc1NC(=O)C1CN(C(=O)Cc2ccccn2)Cc2cn(C)nc21. The minimum absolute atomic E-state index is 0.0710. The Kier molecular flexibility index (Phi) is 5.47. The molecule has 0 spiro atoms. The maximum atomic E-state index is 13.2. The number of nitrogens with one attached hydrogen (secondary N) is 1. The van der Waals surface area contributed by atoms with Crippen LogP contribution in [0.25, 0.3) is 0 Å². The number of aryl methyl sites for hydroxylation is 1. The van der Waals surface area contributed by atoms with E-state index in [4.69, 9.17) is 4.74 Å². The lowest BCUT2D eigenvalue weighted by Gasteiger charge is -2.31. The molecule has 0 bridgehead atoms. The number of para-hydroxylation sites is 2. The highest BCUT2D eigenvalue weighted by atomic mass is 16.5. The molecular weight excluding hydrogens is 382 g/mol. The molecule has 0 radical (unpaired) electrons. The molecule has 0 fully saturated rings. The van der Waals surface area contributed by atoms with Crippen LogP contribution in [0.2, 0.25) is 0 Å². The molecule has 30 heavy (non-hydrogen) atoms. The van der Waals surface area contributed by atoms with E-state index in [0.29, 0.717) is 29.4 Å². The van der Waals surface area contributed by atoms with Crippen LogP contribution in [-0.2, 0) is 29.6 Å². The van der Waals surface area contributed by atoms with Gasteiger partial charge in [-0.25, -0.2) is 0 Å². The van der Waals surface area contributed by atoms with Crippen LogP contribution in [-0.4, -0.2) is 45.1 Å². The molecule has 1 aromatic carbocycles. The van der Waals surface area contributed by atoms with Gasteiger partial charge in [0.2, 0.25) is 11.8 Å². The second-order valence-corrected chi connectivity index (χ2v) is 7.23. The summed E-state index contributed by atoms with van der Waals surface area (Å²) in [7, 11) is 3.37. The zero-order valence-electron chi connectivity index (χ0n) is 16.9. The highest BCUT2D eigenvalue weighted by Gasteiger charge is 2.35. The summed E-state index contributed by atoms with van der Waals surface area (Å²) in [5.41, 5.74) is 2.86. The number of rotatable bonds is 5. The summed E-state index contributed by atoms with van der Waals surface area (Å²) in [6.45, 7) is 0.684. The third-order valence-electron chi connectivity index (χ3n) is 5.12. The van der Waals surface area contributed by atoms with Crippen molar-refractivity contribution in [2.45, 2.75) is 18.9 Å². The van der Waals surface area contributed by atoms with E-state index in [-0.39, 0.29) is 24.8 Å². The van der Waals surface area contributed by atoms with E-state index >= 15 is 0 Å². The molecule has 4 rings (SSSR count). The quantitative estimate of drug-likeness (QED) is 0.702. The lowest BCUT2D eigenvalue weighted by molar-refractivity contribution is -0.132. The molecule has 3 heterocycles. The summed E-state index contributed by atoms with van der Waals surface area (Å²) in [5.74, 6) is -0.299. The van der Waals surface area contributed by atoms with Crippen molar-refractivity contribution in [3.63, 3.8) is 0 Å². The van der Waals surface area contributed by atoms with E-state index in [1.807, 2.05) is 43.6 Å². The van der Waals surface area contributed by atoms with Crippen LogP contribution >= 0.6 is 0 Å². The van der Waals surface area contributed by atoms with Crippen LogP contribution < -0.4 is 10.1 Å². The maximum absolute atomic E-state index is 13.2. The van der Waals surface area contributed by atoms with Gasteiger partial charge in [-0.3, -0.25) is 19.3 Å². The van der Waals surface area contributed by atoms with Gasteiger partial charge in [-0.2, -0.15) is 5.10 Å². The zero-order chi connectivity index (χ0) is 21.1. The summed E-state index contributed by atoms with van der Waals surface area (Å²) in [6, 6.07) is 12.7. The number of benzene rings is 1. The predicted octanol–water partition coefficient (Wildman–Crippen LogP) is 2.13. The molecule has 0 saturated carbocycles. The number of carbonyl (C=O) groups is 2. The number of hydrogen-bond acceptors (Lipinski definition) is 5. The Morgan fingerprint density at radius 1 is 1.20 bits per heavy atom. The molecule has 1 aliphatic rings.